The molecule has 0 saturated heterocycles. The van der Waals surface area contributed by atoms with Crippen molar-refractivity contribution in [1.29, 1.82) is 5.26 Å². The molecule has 2 amide bonds. The van der Waals surface area contributed by atoms with E-state index in [1.54, 1.807) is 6.20 Å². The van der Waals surface area contributed by atoms with Gasteiger partial charge in [0.1, 0.15) is 6.07 Å². The van der Waals surface area contributed by atoms with Crippen LogP contribution in [0.25, 0.3) is 11.1 Å². The van der Waals surface area contributed by atoms with Gasteiger partial charge in [0.15, 0.2) is 11.5 Å². The van der Waals surface area contributed by atoms with E-state index in [-0.39, 0.29) is 16.9 Å². The third-order valence-corrected chi connectivity index (χ3v) is 6.07. The van der Waals surface area contributed by atoms with Crippen molar-refractivity contribution in [3.63, 3.8) is 0 Å². The molecule has 10 heteroatoms. The zero-order valence-corrected chi connectivity index (χ0v) is 19.9. The third kappa shape index (κ3) is 5.58. The fraction of sp³-hybridized carbons (Fsp3) is 0.320. The van der Waals surface area contributed by atoms with Gasteiger partial charge in [-0.2, -0.15) is 5.26 Å². The van der Waals surface area contributed by atoms with Crippen LogP contribution in [0.5, 0.6) is 0 Å². The molecule has 0 unspecified atom stereocenters. The number of H-pyrrole nitrogens is 1. The van der Waals surface area contributed by atoms with Crippen LogP contribution < -0.4 is 16.0 Å². The second-order valence-electron chi connectivity index (χ2n) is 9.16. The molecule has 180 valence electrons. The van der Waals surface area contributed by atoms with Gasteiger partial charge >= 0.3 is 6.09 Å². The van der Waals surface area contributed by atoms with Crippen LogP contribution in [0.1, 0.15) is 60.5 Å². The van der Waals surface area contributed by atoms with Gasteiger partial charge in [0.05, 0.1) is 7.11 Å². The topological polar surface area (TPSA) is 144 Å². The number of ether oxygens (including phenoxy) is 1. The smallest absolute Gasteiger partial charge is 0.436 e. The quantitative estimate of drug-likeness (QED) is 0.529. The van der Waals surface area contributed by atoms with Gasteiger partial charge in [-0.25, -0.2) is 9.78 Å². The van der Waals surface area contributed by atoms with Crippen molar-refractivity contribution in [2.45, 2.75) is 33.1 Å². The van der Waals surface area contributed by atoms with E-state index in [1.807, 2.05) is 18.2 Å². The summed E-state index contributed by atoms with van der Waals surface area (Å²) in [6.45, 7) is 4.96. The number of benzene rings is 1. The lowest BCUT2D eigenvalue weighted by Gasteiger charge is -2.29. The molecule has 0 fully saturated rings. The highest BCUT2D eigenvalue weighted by Crippen LogP contribution is 2.40. The van der Waals surface area contributed by atoms with Crippen molar-refractivity contribution in [2.75, 3.05) is 19.0 Å². The molecule has 0 radical (unpaired) electrons. The molecule has 1 aromatic carbocycles. The molecule has 10 nitrogen and oxygen atoms in total. The number of hydrogen-bond donors (Lipinski definition) is 4. The van der Waals surface area contributed by atoms with Crippen LogP contribution in [0.2, 0.25) is 0 Å². The van der Waals surface area contributed by atoms with E-state index in [0.29, 0.717) is 18.2 Å². The summed E-state index contributed by atoms with van der Waals surface area (Å²) in [5.74, 6) is -0.0191. The molecule has 2 aromatic rings. The highest BCUT2D eigenvalue weighted by Gasteiger charge is 2.24. The summed E-state index contributed by atoms with van der Waals surface area (Å²) in [5, 5.41) is 18.0. The van der Waals surface area contributed by atoms with Crippen LogP contribution in [0.4, 0.5) is 10.5 Å². The van der Waals surface area contributed by atoms with Gasteiger partial charge in [-0.05, 0) is 53.5 Å². The van der Waals surface area contributed by atoms with Crippen molar-refractivity contribution >= 4 is 34.8 Å². The number of nitriles is 1. The van der Waals surface area contributed by atoms with Crippen LogP contribution in [0.3, 0.4) is 0 Å². The highest BCUT2D eigenvalue weighted by molar-refractivity contribution is 6.03. The van der Waals surface area contributed by atoms with Crippen molar-refractivity contribution in [2.24, 2.45) is 10.4 Å². The summed E-state index contributed by atoms with van der Waals surface area (Å²) in [5.41, 5.74) is 5.10. The fourth-order valence-corrected chi connectivity index (χ4v) is 3.95. The van der Waals surface area contributed by atoms with Crippen molar-refractivity contribution < 1.29 is 14.3 Å². The number of anilines is 1. The number of guanidine groups is 1. The van der Waals surface area contributed by atoms with E-state index >= 15 is 0 Å². The lowest BCUT2D eigenvalue weighted by atomic mass is 9.76. The van der Waals surface area contributed by atoms with Gasteiger partial charge in [-0.15, -0.1) is 4.99 Å². The number of aromatic nitrogens is 2. The number of hydrogen-bond acceptors (Lipinski definition) is 5. The van der Waals surface area contributed by atoms with E-state index < -0.39 is 12.0 Å². The molecular weight excluding hydrogens is 446 g/mol. The molecule has 4 N–H and O–H groups in total. The van der Waals surface area contributed by atoms with Gasteiger partial charge in [0.25, 0.3) is 5.91 Å². The maximum Gasteiger partial charge on any atom is 0.436 e. The third-order valence-electron chi connectivity index (χ3n) is 6.07. The molecule has 0 bridgehead atoms. The Labute approximate surface area is 203 Å². The van der Waals surface area contributed by atoms with Gasteiger partial charge in [0.2, 0.25) is 5.96 Å². The Hall–Kier alpha value is -4.39. The normalized spacial score (nSPS) is 17.8. The van der Waals surface area contributed by atoms with E-state index in [9.17, 15) is 9.59 Å². The summed E-state index contributed by atoms with van der Waals surface area (Å²) in [6, 6.07) is 7.76. The molecule has 4 rings (SSSR count). The SMILES string of the molecule is COC(=O)N=C1NC=C(c2ccc(NC(=O)c3nc(C#N)c[nH]3)c(C3=CCC(C)(C)CC3)c2)CN1. The summed E-state index contributed by atoms with van der Waals surface area (Å²) in [7, 11) is 1.27. The molecule has 35 heavy (non-hydrogen) atoms. The number of rotatable bonds is 4. The van der Waals surface area contributed by atoms with Crippen LogP contribution in [0.15, 0.2) is 41.7 Å². The van der Waals surface area contributed by atoms with E-state index in [0.717, 1.165) is 36.0 Å². The molecule has 0 spiro atoms. The minimum Gasteiger partial charge on any atom is -0.451 e. The van der Waals surface area contributed by atoms with E-state index in [2.05, 4.69) is 61.6 Å². The van der Waals surface area contributed by atoms with E-state index in [1.165, 1.54) is 18.9 Å². The van der Waals surface area contributed by atoms with E-state index in [4.69, 9.17) is 5.26 Å². The van der Waals surface area contributed by atoms with Gasteiger partial charge in [0, 0.05) is 30.2 Å². The standard InChI is InChI=1S/C25H27N7O3/c1-25(2)8-6-15(7-9-25)19-10-16(17-12-28-23(29-13-17)32-24(34)35-3)4-5-20(19)31-22(33)21-27-14-18(11-26)30-21/h4-6,10,12,14H,7-9,13H2,1-3H3,(H,27,30)(H,31,33)(H2,28,29,32,34). The van der Waals surface area contributed by atoms with Gasteiger partial charge in [-0.1, -0.05) is 26.0 Å². The molecular formula is C25H27N7O3. The second kappa shape index (κ2) is 9.85. The summed E-state index contributed by atoms with van der Waals surface area (Å²) in [4.78, 5) is 34.7. The molecule has 2 aliphatic rings. The average molecular weight is 474 g/mol. The maximum absolute atomic E-state index is 12.8. The lowest BCUT2D eigenvalue weighted by Crippen LogP contribution is -2.40. The summed E-state index contributed by atoms with van der Waals surface area (Å²) in [6.07, 6.45) is 7.63. The maximum atomic E-state index is 12.8. The van der Waals surface area contributed by atoms with Crippen molar-refractivity contribution in [3.05, 3.63) is 59.3 Å². The molecule has 0 atom stereocenters. The summed E-state index contributed by atoms with van der Waals surface area (Å²) < 4.78 is 4.56. The number of carbonyl (C=O) groups excluding carboxylic acids is 2. The second-order valence-corrected chi connectivity index (χ2v) is 9.16. The first-order valence-corrected chi connectivity index (χ1v) is 11.2. The number of amides is 2. The molecule has 1 aromatic heterocycles. The Morgan fingerprint density at radius 3 is 2.74 bits per heavy atom. The number of aliphatic imine (C=N–C) groups is 1. The Morgan fingerprint density at radius 1 is 1.29 bits per heavy atom. The number of aromatic amines is 1. The molecule has 1 aliphatic heterocycles. The fourth-order valence-electron chi connectivity index (χ4n) is 3.95. The highest BCUT2D eigenvalue weighted by atomic mass is 16.5. The predicted octanol–water partition coefficient (Wildman–Crippen LogP) is 3.78. The largest absolute Gasteiger partial charge is 0.451 e. The number of methoxy groups -OCH3 is 1. The number of nitrogens with one attached hydrogen (secondary N) is 4. The lowest BCUT2D eigenvalue weighted by molar-refractivity contribution is 0.101. The Balaban J connectivity index is 1.64. The summed E-state index contributed by atoms with van der Waals surface area (Å²) >= 11 is 0. The predicted molar refractivity (Wildman–Crippen MR) is 132 cm³/mol. The monoisotopic (exact) mass is 473 g/mol. The zero-order chi connectivity index (χ0) is 25.0. The first-order chi connectivity index (χ1) is 16.8. The molecule has 1 aliphatic carbocycles. The minimum atomic E-state index is -0.690. The number of carbonyl (C=O) groups is 2. The van der Waals surface area contributed by atoms with Crippen molar-refractivity contribution in [3.8, 4) is 6.07 Å². The Bertz CT molecular complexity index is 1290. The number of nitrogens with zero attached hydrogens (tertiary/aromatic N) is 3. The number of imidazole rings is 1. The minimum absolute atomic E-state index is 0.0798. The van der Waals surface area contributed by atoms with Crippen LogP contribution >= 0.6 is 0 Å². The van der Waals surface area contributed by atoms with Crippen LogP contribution in [-0.2, 0) is 4.74 Å². The first-order valence-electron chi connectivity index (χ1n) is 11.2. The Morgan fingerprint density at radius 2 is 2.11 bits per heavy atom. The first kappa shape index (κ1) is 23.8. The van der Waals surface area contributed by atoms with Crippen molar-refractivity contribution in [1.82, 2.24) is 20.6 Å². The number of allylic oxidation sites excluding steroid dienone is 2. The average Bonchev–Trinajstić information content (AvgIpc) is 3.34. The molecule has 2 heterocycles. The Kier molecular flexibility index (Phi) is 6.68. The van der Waals surface area contributed by atoms with Gasteiger partial charge < -0.3 is 25.7 Å². The van der Waals surface area contributed by atoms with Crippen LogP contribution in [-0.4, -0.2) is 41.6 Å². The van der Waals surface area contributed by atoms with Crippen LogP contribution in [0, 0.1) is 16.7 Å². The van der Waals surface area contributed by atoms with Gasteiger partial charge in [-0.3, -0.25) is 4.79 Å². The molecule has 0 saturated carbocycles. The zero-order valence-electron chi connectivity index (χ0n) is 19.9.